The molecule has 0 aromatic rings. The number of nitrogens with one attached hydrogen (secondary N) is 2. The van der Waals surface area contributed by atoms with Gasteiger partial charge in [-0.3, -0.25) is 15.0 Å². The summed E-state index contributed by atoms with van der Waals surface area (Å²) in [6.07, 6.45) is 0.845. The molecule has 0 aromatic heterocycles. The molecule has 1 aliphatic rings. The first-order valence-electron chi connectivity index (χ1n) is 6.12. The van der Waals surface area contributed by atoms with Gasteiger partial charge in [-0.25, -0.2) is 4.79 Å². The van der Waals surface area contributed by atoms with E-state index in [-0.39, 0.29) is 0 Å². The van der Waals surface area contributed by atoms with Gasteiger partial charge in [-0.15, -0.1) is 11.6 Å². The lowest BCUT2D eigenvalue weighted by molar-refractivity contribution is -0.119. The van der Waals surface area contributed by atoms with Crippen molar-refractivity contribution in [1.82, 2.24) is 15.5 Å². The molecule has 0 saturated carbocycles. The van der Waals surface area contributed by atoms with E-state index in [2.05, 4.69) is 15.5 Å². The van der Waals surface area contributed by atoms with Gasteiger partial charge >= 0.3 is 6.03 Å². The lowest BCUT2D eigenvalue weighted by Gasteiger charge is -2.26. The molecule has 0 aliphatic carbocycles. The Bertz CT molecular complexity index is 281. The Balaban J connectivity index is 2.03. The maximum atomic E-state index is 11.3. The van der Waals surface area contributed by atoms with E-state index in [0.29, 0.717) is 6.54 Å². The smallest absolute Gasteiger partial charge is 0.321 e. The largest absolute Gasteiger partial charge is 0.379 e. The molecular formula is C11H20ClN3O3. The second-order valence-electron chi connectivity index (χ2n) is 4.17. The number of halogens is 1. The summed E-state index contributed by atoms with van der Waals surface area (Å²) in [5.74, 6) is -0.484. The fourth-order valence-electron chi connectivity index (χ4n) is 1.58. The first kappa shape index (κ1) is 15.2. The van der Waals surface area contributed by atoms with Crippen molar-refractivity contribution in [1.29, 1.82) is 0 Å². The highest BCUT2D eigenvalue weighted by molar-refractivity contribution is 6.31. The van der Waals surface area contributed by atoms with Crippen molar-refractivity contribution in [2.24, 2.45) is 0 Å². The average molecular weight is 278 g/mol. The summed E-state index contributed by atoms with van der Waals surface area (Å²) in [7, 11) is 0. The van der Waals surface area contributed by atoms with E-state index in [1.165, 1.54) is 6.92 Å². The summed E-state index contributed by atoms with van der Waals surface area (Å²) in [4.78, 5) is 24.7. The zero-order valence-electron chi connectivity index (χ0n) is 10.6. The highest BCUT2D eigenvalue weighted by Crippen LogP contribution is 1.97. The lowest BCUT2D eigenvalue weighted by Crippen LogP contribution is -2.43. The number of morpholine rings is 1. The van der Waals surface area contributed by atoms with E-state index in [0.717, 1.165) is 39.3 Å². The summed E-state index contributed by atoms with van der Waals surface area (Å²) < 4.78 is 5.24. The standard InChI is InChI=1S/C11H20ClN3O3/c1-9(12)10(16)14-11(17)13-3-2-4-15-5-7-18-8-6-15/h9H,2-8H2,1H3,(H2,13,14,16,17). The molecule has 6 nitrogen and oxygen atoms in total. The molecule has 3 amide bonds. The molecule has 1 atom stereocenters. The highest BCUT2D eigenvalue weighted by Gasteiger charge is 2.13. The Kier molecular flexibility index (Phi) is 7.00. The van der Waals surface area contributed by atoms with Crippen molar-refractivity contribution >= 4 is 23.5 Å². The SMILES string of the molecule is CC(Cl)C(=O)NC(=O)NCCCN1CCOCC1. The van der Waals surface area contributed by atoms with E-state index >= 15 is 0 Å². The molecule has 1 aliphatic heterocycles. The van der Waals surface area contributed by atoms with Crippen LogP contribution in [0.5, 0.6) is 0 Å². The van der Waals surface area contributed by atoms with Gasteiger partial charge in [0.15, 0.2) is 0 Å². The van der Waals surface area contributed by atoms with Crippen LogP contribution in [0.25, 0.3) is 0 Å². The monoisotopic (exact) mass is 277 g/mol. The van der Waals surface area contributed by atoms with Crippen LogP contribution in [0, 0.1) is 0 Å². The zero-order chi connectivity index (χ0) is 13.4. The molecule has 1 unspecified atom stereocenters. The zero-order valence-corrected chi connectivity index (χ0v) is 11.3. The van der Waals surface area contributed by atoms with Crippen LogP contribution in [0.2, 0.25) is 0 Å². The van der Waals surface area contributed by atoms with Gasteiger partial charge in [-0.05, 0) is 19.9 Å². The summed E-state index contributed by atoms with van der Waals surface area (Å²) in [6, 6.07) is -0.491. The van der Waals surface area contributed by atoms with E-state index in [9.17, 15) is 9.59 Å². The number of imide groups is 1. The van der Waals surface area contributed by atoms with Gasteiger partial charge in [-0.1, -0.05) is 0 Å². The molecule has 0 aromatic carbocycles. The number of ether oxygens (including phenoxy) is 1. The molecule has 104 valence electrons. The molecule has 2 N–H and O–H groups in total. The number of amides is 3. The first-order valence-corrected chi connectivity index (χ1v) is 6.56. The van der Waals surface area contributed by atoms with Crippen molar-refractivity contribution in [3.05, 3.63) is 0 Å². The Morgan fingerprint density at radius 1 is 1.39 bits per heavy atom. The summed E-state index contributed by atoms with van der Waals surface area (Å²) in [6.45, 7) is 6.40. The number of alkyl halides is 1. The van der Waals surface area contributed by atoms with Crippen LogP contribution in [0.1, 0.15) is 13.3 Å². The summed E-state index contributed by atoms with van der Waals surface area (Å²) in [5, 5.41) is 4.08. The minimum absolute atomic E-state index is 0.484. The minimum Gasteiger partial charge on any atom is -0.379 e. The highest BCUT2D eigenvalue weighted by atomic mass is 35.5. The number of urea groups is 1. The van der Waals surface area contributed by atoms with Gasteiger partial charge in [0.25, 0.3) is 0 Å². The molecule has 18 heavy (non-hydrogen) atoms. The van der Waals surface area contributed by atoms with Crippen LogP contribution in [-0.2, 0) is 9.53 Å². The van der Waals surface area contributed by atoms with Gasteiger partial charge in [0.2, 0.25) is 5.91 Å². The fourth-order valence-corrected chi connectivity index (χ4v) is 1.64. The summed E-state index contributed by atoms with van der Waals surface area (Å²) >= 11 is 5.52. The van der Waals surface area contributed by atoms with Crippen molar-refractivity contribution in [2.45, 2.75) is 18.7 Å². The molecule has 0 radical (unpaired) electrons. The van der Waals surface area contributed by atoms with Gasteiger partial charge in [0, 0.05) is 19.6 Å². The Hall–Kier alpha value is -0.850. The Morgan fingerprint density at radius 3 is 2.67 bits per heavy atom. The number of rotatable bonds is 5. The van der Waals surface area contributed by atoms with Crippen LogP contribution in [0.3, 0.4) is 0 Å². The first-order chi connectivity index (χ1) is 8.59. The quantitative estimate of drug-likeness (QED) is 0.555. The van der Waals surface area contributed by atoms with E-state index in [1.807, 2.05) is 0 Å². The fraction of sp³-hybridized carbons (Fsp3) is 0.818. The molecule has 0 spiro atoms. The molecule has 7 heteroatoms. The van der Waals surface area contributed by atoms with E-state index in [4.69, 9.17) is 16.3 Å². The molecule has 1 saturated heterocycles. The van der Waals surface area contributed by atoms with Crippen molar-refractivity contribution in [3.8, 4) is 0 Å². The number of carbonyl (C=O) groups is 2. The van der Waals surface area contributed by atoms with Gasteiger partial charge in [-0.2, -0.15) is 0 Å². The number of nitrogens with zero attached hydrogens (tertiary/aromatic N) is 1. The second kappa shape index (κ2) is 8.29. The van der Waals surface area contributed by atoms with Crippen LogP contribution >= 0.6 is 11.6 Å². The van der Waals surface area contributed by atoms with Crippen molar-refractivity contribution in [3.63, 3.8) is 0 Å². The molecular weight excluding hydrogens is 258 g/mol. The predicted molar refractivity (Wildman–Crippen MR) is 68.7 cm³/mol. The van der Waals surface area contributed by atoms with Crippen LogP contribution in [0.4, 0.5) is 4.79 Å². The lowest BCUT2D eigenvalue weighted by atomic mass is 10.3. The van der Waals surface area contributed by atoms with Crippen LogP contribution in [-0.4, -0.2) is 61.6 Å². The number of hydrogen-bond donors (Lipinski definition) is 2. The average Bonchev–Trinajstić information content (AvgIpc) is 2.35. The topological polar surface area (TPSA) is 70.7 Å². The third-order valence-electron chi connectivity index (χ3n) is 2.64. The maximum absolute atomic E-state index is 11.3. The molecule has 1 fully saturated rings. The minimum atomic E-state index is -0.705. The second-order valence-corrected chi connectivity index (χ2v) is 4.82. The van der Waals surface area contributed by atoms with Gasteiger partial charge < -0.3 is 10.1 Å². The van der Waals surface area contributed by atoms with Crippen LogP contribution in [0.15, 0.2) is 0 Å². The maximum Gasteiger partial charge on any atom is 0.321 e. The Labute approximate surface area is 112 Å². The third kappa shape index (κ3) is 6.18. The normalized spacial score (nSPS) is 18.1. The van der Waals surface area contributed by atoms with Crippen molar-refractivity contribution < 1.29 is 14.3 Å². The van der Waals surface area contributed by atoms with Crippen LogP contribution < -0.4 is 10.6 Å². The molecule has 1 rings (SSSR count). The van der Waals surface area contributed by atoms with Gasteiger partial charge in [0.1, 0.15) is 5.38 Å². The van der Waals surface area contributed by atoms with E-state index in [1.54, 1.807) is 0 Å². The van der Waals surface area contributed by atoms with E-state index < -0.39 is 17.3 Å². The molecule has 0 bridgehead atoms. The number of hydrogen-bond acceptors (Lipinski definition) is 4. The summed E-state index contributed by atoms with van der Waals surface area (Å²) in [5.41, 5.74) is 0. The third-order valence-corrected chi connectivity index (χ3v) is 2.84. The molecule has 1 heterocycles. The van der Waals surface area contributed by atoms with Gasteiger partial charge in [0.05, 0.1) is 13.2 Å². The number of carbonyl (C=O) groups excluding carboxylic acids is 2. The predicted octanol–water partition coefficient (Wildman–Crippen LogP) is 0.162. The van der Waals surface area contributed by atoms with Crippen molar-refractivity contribution in [2.75, 3.05) is 39.4 Å². The Morgan fingerprint density at radius 2 is 2.06 bits per heavy atom.